The molecule has 0 heteroatoms. The number of hydrogen-bond acceptors (Lipinski definition) is 0. The van der Waals surface area contributed by atoms with Crippen LogP contribution in [-0.4, -0.2) is 0 Å². The summed E-state index contributed by atoms with van der Waals surface area (Å²) in [5, 5.41) is 0. The quantitative estimate of drug-likeness (QED) is 0.0358. The topological polar surface area (TPSA) is 0 Å². The Balaban J connectivity index is 0.847. The number of hydrogen-bond donors (Lipinski definition) is 0. The lowest BCUT2D eigenvalue weighted by molar-refractivity contribution is 0.308. The first-order valence-electron chi connectivity index (χ1n) is 52.0. The fourth-order valence-corrected chi connectivity index (χ4v) is 25.7. The standard InChI is InChI=1S/C126H164/c1-24-83(13)73-123(74-84(14)25-2)112-41-33-32-40-102(112)104-52-43-96(67-116(104)123)99-48-57-109-111-59-50-101(72-121(111)126(119(109)70-99,79-89(19)30-7)80-90(20)31-8)100-49-58-110-108-56-47-98(69-118(108)125(120(110)71-100,77-87(17)28-5)78-88(18)29-6)95-45-54-106-105-53-44-94(97-46-55-107-103-51-42-93(23)64-113(103)124(117(107)68-97,75-85(15)26-3)76-86(16)27-4)65-114(105)122(115(106)66-95,62-60-91(21)38-34-36-81(9)10)63-61-92(22)39-35-37-82(11)12/h32-33,40-59,64-72,81-92H,24-31,34-39,60-63,73-80H2,1-23H3/t83-,84-,85-,86-,87?,88?,89-,90-,91-,92-,125?/m0/s1. The molecule has 668 valence electrons. The second kappa shape index (κ2) is 38.7. The molecule has 0 amide bonds. The van der Waals surface area contributed by atoms with E-state index >= 15 is 0 Å². The third kappa shape index (κ3) is 17.6. The highest BCUT2D eigenvalue weighted by Crippen LogP contribution is 2.64. The minimum Gasteiger partial charge on any atom is -0.0651 e. The number of rotatable bonds is 42. The first-order chi connectivity index (χ1) is 60.6. The van der Waals surface area contributed by atoms with Crippen LogP contribution < -0.4 is 0 Å². The highest BCUT2D eigenvalue weighted by atomic mass is 14.5. The van der Waals surface area contributed by atoms with Crippen molar-refractivity contribution in [3.8, 4) is 100 Å². The minimum atomic E-state index is -0.170. The van der Waals surface area contributed by atoms with Crippen molar-refractivity contribution in [3.63, 3.8) is 0 Å². The highest BCUT2D eigenvalue weighted by molar-refractivity contribution is 5.93. The molecule has 10 aromatic rings. The van der Waals surface area contributed by atoms with E-state index in [4.69, 9.17) is 0 Å². The normalized spacial score (nSPS) is 18.4. The maximum Gasteiger partial charge on any atom is 0.0220 e. The van der Waals surface area contributed by atoms with Crippen molar-refractivity contribution >= 4 is 0 Å². The maximum absolute atomic E-state index is 2.79. The third-order valence-electron chi connectivity index (χ3n) is 34.4. The Bertz CT molecular complexity index is 5390. The van der Waals surface area contributed by atoms with Gasteiger partial charge in [-0.25, -0.2) is 0 Å². The van der Waals surface area contributed by atoms with Crippen LogP contribution in [0.3, 0.4) is 0 Å². The molecular formula is C126H164. The Morgan fingerprint density at radius 2 is 0.389 bits per heavy atom. The van der Waals surface area contributed by atoms with Crippen LogP contribution in [-0.2, 0) is 27.1 Å². The van der Waals surface area contributed by atoms with Crippen LogP contribution in [0.15, 0.2) is 188 Å². The second-order valence-electron chi connectivity index (χ2n) is 44.8. The van der Waals surface area contributed by atoms with Gasteiger partial charge >= 0.3 is 0 Å². The number of benzene rings is 10. The molecule has 10 aromatic carbocycles. The van der Waals surface area contributed by atoms with Crippen molar-refractivity contribution in [2.45, 2.75) is 353 Å². The van der Waals surface area contributed by atoms with Crippen molar-refractivity contribution < 1.29 is 0 Å². The smallest absolute Gasteiger partial charge is 0.0220 e. The molecule has 5 aliphatic rings. The van der Waals surface area contributed by atoms with E-state index in [0.717, 1.165) is 63.2 Å². The third-order valence-corrected chi connectivity index (χ3v) is 34.4. The predicted octanol–water partition coefficient (Wildman–Crippen LogP) is 38.0. The molecule has 0 radical (unpaired) electrons. The molecule has 0 aromatic heterocycles. The minimum absolute atomic E-state index is 0.0130. The van der Waals surface area contributed by atoms with E-state index in [1.165, 1.54) is 221 Å². The Hall–Kier alpha value is -7.80. The summed E-state index contributed by atoms with van der Waals surface area (Å²) in [4.78, 5) is 0. The molecular weight excluding hydrogens is 1510 g/mol. The van der Waals surface area contributed by atoms with E-state index in [1.807, 2.05) is 0 Å². The van der Waals surface area contributed by atoms with Crippen molar-refractivity contribution in [3.05, 3.63) is 249 Å². The molecule has 126 heavy (non-hydrogen) atoms. The molecule has 0 aliphatic heterocycles. The molecule has 0 fully saturated rings. The summed E-state index contributed by atoms with van der Waals surface area (Å²) in [5.74, 6) is 7.39. The van der Waals surface area contributed by atoms with E-state index in [2.05, 4.69) is 347 Å². The summed E-state index contributed by atoms with van der Waals surface area (Å²) in [7, 11) is 0. The summed E-state index contributed by atoms with van der Waals surface area (Å²) in [6, 6.07) is 79.8. The molecule has 0 saturated carbocycles. The van der Waals surface area contributed by atoms with E-state index < -0.39 is 0 Å². The first kappa shape index (κ1) is 92.9. The van der Waals surface area contributed by atoms with E-state index in [9.17, 15) is 0 Å². The summed E-state index contributed by atoms with van der Waals surface area (Å²) in [6.45, 7) is 56.9. The predicted molar refractivity (Wildman–Crippen MR) is 551 cm³/mol. The van der Waals surface area contributed by atoms with Gasteiger partial charge < -0.3 is 0 Å². The van der Waals surface area contributed by atoms with Gasteiger partial charge in [0.1, 0.15) is 0 Å². The molecule has 5 aliphatic carbocycles. The van der Waals surface area contributed by atoms with E-state index in [1.54, 1.807) is 55.6 Å². The molecule has 2 unspecified atom stereocenters. The Labute approximate surface area is 768 Å². The summed E-state index contributed by atoms with van der Waals surface area (Å²) in [5.41, 5.74) is 42.2. The van der Waals surface area contributed by atoms with Crippen LogP contribution in [0, 0.1) is 77.9 Å². The monoisotopic (exact) mass is 1680 g/mol. The fourth-order valence-electron chi connectivity index (χ4n) is 25.7. The summed E-state index contributed by atoms with van der Waals surface area (Å²) in [6.07, 6.45) is 31.3. The highest BCUT2D eigenvalue weighted by Gasteiger charge is 2.51. The molecule has 10 atom stereocenters. The van der Waals surface area contributed by atoms with Gasteiger partial charge in [-0.3, -0.25) is 0 Å². The Morgan fingerprint density at radius 1 is 0.190 bits per heavy atom. The molecule has 0 bridgehead atoms. The maximum atomic E-state index is 2.79. The average molecular weight is 1680 g/mol. The van der Waals surface area contributed by atoms with Crippen LogP contribution >= 0.6 is 0 Å². The van der Waals surface area contributed by atoms with Gasteiger partial charge in [-0.1, -0.05) is 387 Å². The Morgan fingerprint density at radius 3 is 0.619 bits per heavy atom. The Kier molecular flexibility index (Phi) is 28.5. The molecule has 0 nitrogen and oxygen atoms in total. The van der Waals surface area contributed by atoms with Gasteiger partial charge in [0.15, 0.2) is 0 Å². The molecule has 0 saturated heterocycles. The van der Waals surface area contributed by atoms with Crippen molar-refractivity contribution in [2.24, 2.45) is 71.0 Å². The molecule has 0 spiro atoms. The van der Waals surface area contributed by atoms with Crippen molar-refractivity contribution in [2.75, 3.05) is 0 Å². The van der Waals surface area contributed by atoms with Crippen molar-refractivity contribution in [1.82, 2.24) is 0 Å². The number of aryl methyl sites for hydroxylation is 1. The van der Waals surface area contributed by atoms with E-state index in [-0.39, 0.29) is 27.1 Å². The van der Waals surface area contributed by atoms with Gasteiger partial charge in [0.2, 0.25) is 0 Å². The lowest BCUT2D eigenvalue weighted by Crippen LogP contribution is -2.30. The first-order valence-corrected chi connectivity index (χ1v) is 52.0. The summed E-state index contributed by atoms with van der Waals surface area (Å²) < 4.78 is 0. The lowest BCUT2D eigenvalue weighted by atomic mass is 9.65. The van der Waals surface area contributed by atoms with Gasteiger partial charge in [0, 0.05) is 27.1 Å². The van der Waals surface area contributed by atoms with Crippen LogP contribution in [0.25, 0.3) is 100 Å². The lowest BCUT2D eigenvalue weighted by Gasteiger charge is -2.38. The van der Waals surface area contributed by atoms with Crippen LogP contribution in [0.4, 0.5) is 0 Å². The fraction of sp³-hybridized carbons (Fsp3) is 0.524. The van der Waals surface area contributed by atoms with Crippen molar-refractivity contribution in [1.29, 1.82) is 0 Å². The van der Waals surface area contributed by atoms with Gasteiger partial charge in [0.25, 0.3) is 0 Å². The zero-order valence-electron chi connectivity index (χ0n) is 83.2. The number of fused-ring (bicyclic) bond motifs is 15. The van der Waals surface area contributed by atoms with E-state index in [0.29, 0.717) is 59.2 Å². The van der Waals surface area contributed by atoms with Crippen LogP contribution in [0.5, 0.6) is 0 Å². The van der Waals surface area contributed by atoms with Crippen LogP contribution in [0.2, 0.25) is 0 Å². The van der Waals surface area contributed by atoms with Gasteiger partial charge in [-0.05, 0) is 359 Å². The zero-order valence-corrected chi connectivity index (χ0v) is 83.2. The van der Waals surface area contributed by atoms with Gasteiger partial charge in [-0.2, -0.15) is 0 Å². The zero-order chi connectivity index (χ0) is 89.5. The molecule has 0 N–H and O–H groups in total. The largest absolute Gasteiger partial charge is 0.0651 e. The second-order valence-corrected chi connectivity index (χ2v) is 44.8. The van der Waals surface area contributed by atoms with Crippen LogP contribution in [0.1, 0.15) is 380 Å². The molecule has 0 heterocycles. The summed E-state index contributed by atoms with van der Waals surface area (Å²) >= 11 is 0. The molecule has 15 rings (SSSR count). The van der Waals surface area contributed by atoms with Gasteiger partial charge in [-0.15, -0.1) is 0 Å². The average Bonchev–Trinajstić information content (AvgIpc) is 1.55. The SMILES string of the molecule is CCC(C)CC1(CC(C)CC)c2cc(-c3ccc4c(c3)C(CC[C@@H](C)CCCC(C)C)(CC[C@@H](C)CCCC(C)C)c3cc(-c5ccc6c(c5)C(C[C@@H](C)CC)(C[C@@H](C)CC)c5cc(C)ccc5-6)ccc3-4)ccc2-c2ccc(-c3ccc4c(c3)C(C[C@@H](C)CC)(C[C@@H](C)CC)c3cc(-c5ccc6c(c5)C(C[C@@H](C)CC)(C[C@@H](C)CC)c5ccccc5-6)ccc3-4)cc21. The van der Waals surface area contributed by atoms with Gasteiger partial charge in [0.05, 0.1) is 0 Å².